The Bertz CT molecular complexity index is 946. The molecule has 1 N–H and O–H groups in total. The Morgan fingerprint density at radius 2 is 1.86 bits per heavy atom. The number of alkyl halides is 3. The molecule has 1 amide bonds. The van der Waals surface area contributed by atoms with Gasteiger partial charge in [-0.05, 0) is 24.3 Å². The maximum Gasteiger partial charge on any atom is 0.417 e. The Labute approximate surface area is 168 Å². The summed E-state index contributed by atoms with van der Waals surface area (Å²) in [5.74, 6) is -0.773. The van der Waals surface area contributed by atoms with E-state index in [9.17, 15) is 28.1 Å². The van der Waals surface area contributed by atoms with Gasteiger partial charge in [0, 0.05) is 30.9 Å². The molecule has 1 saturated heterocycles. The van der Waals surface area contributed by atoms with Gasteiger partial charge in [-0.2, -0.15) is 13.2 Å². The number of anilines is 2. The molecular weight excluding hydrogens is 415 g/mol. The number of benzene rings is 2. The Kier molecular flexibility index (Phi) is 5.94. The van der Waals surface area contributed by atoms with Crippen LogP contribution < -0.4 is 10.2 Å². The molecule has 1 aliphatic rings. The molecule has 2 aromatic rings. The van der Waals surface area contributed by atoms with Gasteiger partial charge in [-0.1, -0.05) is 11.6 Å². The van der Waals surface area contributed by atoms with Crippen molar-refractivity contribution in [1.29, 1.82) is 0 Å². The largest absolute Gasteiger partial charge is 0.417 e. The van der Waals surface area contributed by atoms with Crippen LogP contribution in [0, 0.1) is 10.1 Å². The number of amides is 1. The van der Waals surface area contributed by atoms with E-state index in [0.717, 1.165) is 12.1 Å². The number of morpholine rings is 1. The van der Waals surface area contributed by atoms with Crippen LogP contribution in [0.5, 0.6) is 0 Å². The monoisotopic (exact) mass is 429 g/mol. The number of hydrogen-bond acceptors (Lipinski definition) is 5. The van der Waals surface area contributed by atoms with E-state index in [0.29, 0.717) is 38.1 Å². The second-order valence-corrected chi connectivity index (χ2v) is 6.61. The van der Waals surface area contributed by atoms with Crippen molar-refractivity contribution in [3.05, 3.63) is 62.7 Å². The number of nitro groups is 1. The highest BCUT2D eigenvalue weighted by atomic mass is 35.5. The highest BCUT2D eigenvalue weighted by Gasteiger charge is 2.33. The standard InChI is InChI=1S/C18H15ClF3N3O4/c19-15-3-1-11(9-14(15)18(20,21)22)23-17(26)13-10-12(25(27)28)2-4-16(13)24-5-7-29-8-6-24/h1-4,9-10H,5-8H2,(H,23,26). The third-order valence-corrected chi connectivity index (χ3v) is 4.65. The van der Waals surface area contributed by atoms with E-state index < -0.39 is 27.6 Å². The van der Waals surface area contributed by atoms with Crippen LogP contribution in [0.15, 0.2) is 36.4 Å². The molecule has 1 heterocycles. The van der Waals surface area contributed by atoms with Crippen LogP contribution in [0.4, 0.5) is 30.2 Å². The van der Waals surface area contributed by atoms with Crippen LogP contribution in [0.2, 0.25) is 5.02 Å². The number of carbonyl (C=O) groups excluding carboxylic acids is 1. The highest BCUT2D eigenvalue weighted by molar-refractivity contribution is 6.31. The number of halogens is 4. The molecule has 0 spiro atoms. The first-order valence-electron chi connectivity index (χ1n) is 8.46. The van der Waals surface area contributed by atoms with E-state index in [4.69, 9.17) is 16.3 Å². The van der Waals surface area contributed by atoms with E-state index in [1.807, 2.05) is 4.90 Å². The summed E-state index contributed by atoms with van der Waals surface area (Å²) in [5.41, 5.74) is -1.12. The van der Waals surface area contributed by atoms with Crippen molar-refractivity contribution in [3.63, 3.8) is 0 Å². The first-order chi connectivity index (χ1) is 13.7. The molecule has 1 aliphatic heterocycles. The van der Waals surface area contributed by atoms with E-state index in [1.165, 1.54) is 18.2 Å². The number of nitro benzene ring substituents is 1. The van der Waals surface area contributed by atoms with Crippen molar-refractivity contribution in [1.82, 2.24) is 0 Å². The average molecular weight is 430 g/mol. The minimum atomic E-state index is -4.69. The lowest BCUT2D eigenvalue weighted by Crippen LogP contribution is -2.37. The van der Waals surface area contributed by atoms with Crippen LogP contribution in [-0.4, -0.2) is 37.1 Å². The smallest absolute Gasteiger partial charge is 0.378 e. The van der Waals surface area contributed by atoms with Crippen LogP contribution in [0.1, 0.15) is 15.9 Å². The zero-order valence-corrected chi connectivity index (χ0v) is 15.6. The number of non-ortho nitro benzene ring substituents is 1. The number of ether oxygens (including phenoxy) is 1. The van der Waals surface area contributed by atoms with Gasteiger partial charge in [0.05, 0.1) is 40.0 Å². The predicted molar refractivity (Wildman–Crippen MR) is 101 cm³/mol. The van der Waals surface area contributed by atoms with Gasteiger partial charge in [0.25, 0.3) is 11.6 Å². The lowest BCUT2D eigenvalue weighted by atomic mass is 10.1. The summed E-state index contributed by atoms with van der Waals surface area (Å²) in [7, 11) is 0. The van der Waals surface area contributed by atoms with Gasteiger partial charge in [-0.25, -0.2) is 0 Å². The lowest BCUT2D eigenvalue weighted by Gasteiger charge is -2.30. The van der Waals surface area contributed by atoms with Gasteiger partial charge >= 0.3 is 6.18 Å². The molecular formula is C18H15ClF3N3O4. The maximum atomic E-state index is 13.0. The second kappa shape index (κ2) is 8.26. The molecule has 0 aliphatic carbocycles. The molecule has 7 nitrogen and oxygen atoms in total. The molecule has 0 unspecified atom stereocenters. The van der Waals surface area contributed by atoms with Gasteiger partial charge in [-0.3, -0.25) is 14.9 Å². The number of nitrogens with one attached hydrogen (secondary N) is 1. The summed E-state index contributed by atoms with van der Waals surface area (Å²) in [6.45, 7) is 1.78. The van der Waals surface area contributed by atoms with Crippen molar-refractivity contribution < 1.29 is 27.6 Å². The average Bonchev–Trinajstić information content (AvgIpc) is 2.68. The fourth-order valence-electron chi connectivity index (χ4n) is 2.92. The minimum Gasteiger partial charge on any atom is -0.378 e. The molecule has 0 radical (unpaired) electrons. The molecule has 11 heteroatoms. The van der Waals surface area contributed by atoms with Crippen LogP contribution in [-0.2, 0) is 10.9 Å². The molecule has 29 heavy (non-hydrogen) atoms. The Morgan fingerprint density at radius 3 is 2.48 bits per heavy atom. The normalized spacial score (nSPS) is 14.6. The van der Waals surface area contributed by atoms with Crippen molar-refractivity contribution in [3.8, 4) is 0 Å². The molecule has 0 bridgehead atoms. The zero-order chi connectivity index (χ0) is 21.2. The lowest BCUT2D eigenvalue weighted by molar-refractivity contribution is -0.384. The number of nitrogens with zero attached hydrogens (tertiary/aromatic N) is 2. The quantitative estimate of drug-likeness (QED) is 0.576. The summed E-state index contributed by atoms with van der Waals surface area (Å²) >= 11 is 5.59. The zero-order valence-electron chi connectivity index (χ0n) is 14.8. The van der Waals surface area contributed by atoms with Gasteiger partial charge in [0.1, 0.15) is 0 Å². The van der Waals surface area contributed by atoms with Crippen LogP contribution in [0.25, 0.3) is 0 Å². The Morgan fingerprint density at radius 1 is 1.17 bits per heavy atom. The number of hydrogen-bond donors (Lipinski definition) is 1. The van der Waals surface area contributed by atoms with Gasteiger partial charge < -0.3 is 15.0 Å². The maximum absolute atomic E-state index is 13.0. The number of carbonyl (C=O) groups is 1. The number of rotatable bonds is 4. The minimum absolute atomic E-state index is 0.0235. The van der Waals surface area contributed by atoms with E-state index in [1.54, 1.807) is 0 Å². The van der Waals surface area contributed by atoms with Crippen molar-refractivity contribution in [2.24, 2.45) is 0 Å². The van der Waals surface area contributed by atoms with Crippen molar-refractivity contribution in [2.45, 2.75) is 6.18 Å². The second-order valence-electron chi connectivity index (χ2n) is 6.20. The summed E-state index contributed by atoms with van der Waals surface area (Å²) in [6, 6.07) is 6.78. The highest BCUT2D eigenvalue weighted by Crippen LogP contribution is 2.36. The van der Waals surface area contributed by atoms with Crippen molar-refractivity contribution >= 4 is 34.6 Å². The molecule has 1 fully saturated rings. The molecule has 0 atom stereocenters. The third kappa shape index (κ3) is 4.77. The predicted octanol–water partition coefficient (Wildman–Crippen LogP) is 4.36. The summed E-state index contributed by atoms with van der Waals surface area (Å²) in [5, 5.41) is 13.0. The summed E-state index contributed by atoms with van der Waals surface area (Å²) in [4.78, 5) is 25.1. The van der Waals surface area contributed by atoms with E-state index in [2.05, 4.69) is 5.32 Å². The Hall–Kier alpha value is -2.85. The van der Waals surface area contributed by atoms with Crippen LogP contribution >= 0.6 is 11.6 Å². The van der Waals surface area contributed by atoms with Gasteiger partial charge in [0.2, 0.25) is 0 Å². The Balaban J connectivity index is 1.95. The third-order valence-electron chi connectivity index (χ3n) is 4.32. The molecule has 0 saturated carbocycles. The fourth-order valence-corrected chi connectivity index (χ4v) is 3.14. The summed E-state index contributed by atoms with van der Waals surface area (Å²) in [6.07, 6.45) is -4.69. The topological polar surface area (TPSA) is 84.7 Å². The molecule has 0 aromatic heterocycles. The summed E-state index contributed by atoms with van der Waals surface area (Å²) < 4.78 is 44.4. The SMILES string of the molecule is O=C(Nc1ccc(Cl)c(C(F)(F)F)c1)c1cc([N+](=O)[O-])ccc1N1CCOCC1. The van der Waals surface area contributed by atoms with E-state index >= 15 is 0 Å². The van der Waals surface area contributed by atoms with Crippen LogP contribution in [0.3, 0.4) is 0 Å². The molecule has 2 aromatic carbocycles. The first kappa shape index (κ1) is 20.9. The first-order valence-corrected chi connectivity index (χ1v) is 8.84. The molecule has 154 valence electrons. The van der Waals surface area contributed by atoms with E-state index in [-0.39, 0.29) is 16.9 Å². The fraction of sp³-hybridized carbons (Fsp3) is 0.278. The molecule has 3 rings (SSSR count). The van der Waals surface area contributed by atoms with Crippen molar-refractivity contribution in [2.75, 3.05) is 36.5 Å². The van der Waals surface area contributed by atoms with Gasteiger partial charge in [-0.15, -0.1) is 0 Å². The van der Waals surface area contributed by atoms with Gasteiger partial charge in [0.15, 0.2) is 0 Å².